The highest BCUT2D eigenvalue weighted by Crippen LogP contribution is 2.23. The van der Waals surface area contributed by atoms with E-state index in [1.165, 1.54) is 25.4 Å². The number of carbonyl (C=O) groups is 1. The van der Waals surface area contributed by atoms with Gasteiger partial charge in [-0.25, -0.2) is 9.18 Å². The molecule has 0 fully saturated rings. The summed E-state index contributed by atoms with van der Waals surface area (Å²) in [4.78, 5) is 15.0. The van der Waals surface area contributed by atoms with Crippen LogP contribution in [0.25, 0.3) is 0 Å². The Labute approximate surface area is 115 Å². The number of halogens is 1. The molecule has 5 nitrogen and oxygen atoms in total. The third kappa shape index (κ3) is 3.23. The average molecular weight is 276 g/mol. The van der Waals surface area contributed by atoms with Gasteiger partial charge in [0.2, 0.25) is 0 Å². The summed E-state index contributed by atoms with van der Waals surface area (Å²) in [6.45, 7) is 0.131. The van der Waals surface area contributed by atoms with Crippen LogP contribution in [0.5, 0.6) is 5.75 Å². The first kappa shape index (κ1) is 13.8. The number of nitrogens with two attached hydrogens (primary N) is 1. The number of nitrogens with zero attached hydrogens (tertiary/aromatic N) is 1. The van der Waals surface area contributed by atoms with Crippen LogP contribution in [0.3, 0.4) is 0 Å². The molecule has 2 N–H and O–H groups in total. The summed E-state index contributed by atoms with van der Waals surface area (Å²) in [5, 5.41) is 0. The monoisotopic (exact) mass is 276 g/mol. The van der Waals surface area contributed by atoms with Gasteiger partial charge in [-0.3, -0.25) is 4.98 Å². The number of pyridine rings is 1. The first-order valence-corrected chi connectivity index (χ1v) is 5.80. The molecule has 2 rings (SSSR count). The predicted molar refractivity (Wildman–Crippen MR) is 70.7 cm³/mol. The van der Waals surface area contributed by atoms with E-state index in [0.29, 0.717) is 22.6 Å². The molecule has 0 spiro atoms. The minimum absolute atomic E-state index is 0.131. The number of esters is 1. The molecule has 1 heterocycles. The number of anilines is 1. The smallest absolute Gasteiger partial charge is 0.337 e. The van der Waals surface area contributed by atoms with Gasteiger partial charge in [0.05, 0.1) is 24.6 Å². The van der Waals surface area contributed by atoms with Crippen molar-refractivity contribution in [3.63, 3.8) is 0 Å². The van der Waals surface area contributed by atoms with Crippen LogP contribution in [0.2, 0.25) is 0 Å². The molecule has 2 aromatic rings. The molecule has 0 aliphatic carbocycles. The van der Waals surface area contributed by atoms with E-state index in [4.69, 9.17) is 10.5 Å². The largest absolute Gasteiger partial charge is 0.487 e. The van der Waals surface area contributed by atoms with Crippen molar-refractivity contribution in [3.8, 4) is 5.75 Å². The number of rotatable bonds is 4. The maximum atomic E-state index is 13.0. The molecule has 0 bridgehead atoms. The van der Waals surface area contributed by atoms with Gasteiger partial charge in [0.1, 0.15) is 18.2 Å². The summed E-state index contributed by atoms with van der Waals surface area (Å²) in [7, 11) is 1.29. The van der Waals surface area contributed by atoms with Crippen molar-refractivity contribution in [1.82, 2.24) is 4.98 Å². The van der Waals surface area contributed by atoms with Crippen molar-refractivity contribution >= 4 is 11.7 Å². The fourth-order valence-electron chi connectivity index (χ4n) is 1.62. The standard InChI is InChI=1S/C14H13FN2O3/c1-19-14(18)10-2-3-13(12(16)5-10)20-8-9-4-11(15)7-17-6-9/h2-7H,8,16H2,1H3. The first-order valence-electron chi connectivity index (χ1n) is 5.80. The quantitative estimate of drug-likeness (QED) is 0.684. The Kier molecular flexibility index (Phi) is 4.14. The van der Waals surface area contributed by atoms with Crippen molar-refractivity contribution in [3.05, 3.63) is 53.6 Å². The maximum Gasteiger partial charge on any atom is 0.337 e. The lowest BCUT2D eigenvalue weighted by Crippen LogP contribution is -2.04. The molecular formula is C14H13FN2O3. The van der Waals surface area contributed by atoms with Gasteiger partial charge in [-0.1, -0.05) is 0 Å². The van der Waals surface area contributed by atoms with E-state index < -0.39 is 11.8 Å². The van der Waals surface area contributed by atoms with E-state index in [0.717, 1.165) is 6.20 Å². The molecule has 0 saturated carbocycles. The Bertz CT molecular complexity index is 632. The lowest BCUT2D eigenvalue weighted by Gasteiger charge is -2.09. The van der Waals surface area contributed by atoms with Gasteiger partial charge in [-0.2, -0.15) is 0 Å². The molecule has 0 aliphatic heterocycles. The number of hydrogen-bond donors (Lipinski definition) is 1. The van der Waals surface area contributed by atoms with Crippen LogP contribution < -0.4 is 10.5 Å². The molecule has 6 heteroatoms. The molecule has 0 aliphatic rings. The Morgan fingerprint density at radius 3 is 2.80 bits per heavy atom. The zero-order valence-corrected chi connectivity index (χ0v) is 10.8. The molecule has 1 aromatic heterocycles. The van der Waals surface area contributed by atoms with Crippen LogP contribution in [-0.4, -0.2) is 18.1 Å². The van der Waals surface area contributed by atoms with Gasteiger partial charge in [-0.15, -0.1) is 0 Å². The lowest BCUT2D eigenvalue weighted by molar-refractivity contribution is 0.0600. The second kappa shape index (κ2) is 6.01. The summed E-state index contributed by atoms with van der Waals surface area (Å²) >= 11 is 0. The lowest BCUT2D eigenvalue weighted by atomic mass is 10.2. The number of carbonyl (C=O) groups excluding carboxylic acids is 1. The molecule has 0 atom stereocenters. The van der Waals surface area contributed by atoms with Gasteiger partial charge in [0.25, 0.3) is 0 Å². The molecular weight excluding hydrogens is 263 g/mol. The molecule has 1 aromatic carbocycles. The van der Waals surface area contributed by atoms with Gasteiger partial charge in [0.15, 0.2) is 0 Å². The number of ether oxygens (including phenoxy) is 2. The summed E-state index contributed by atoms with van der Waals surface area (Å²) < 4.78 is 23.0. The van der Waals surface area contributed by atoms with Crippen molar-refractivity contribution < 1.29 is 18.7 Å². The average Bonchev–Trinajstić information content (AvgIpc) is 2.45. The maximum absolute atomic E-state index is 13.0. The molecule has 0 radical (unpaired) electrons. The molecule has 104 valence electrons. The van der Waals surface area contributed by atoms with Crippen molar-refractivity contribution in [2.24, 2.45) is 0 Å². The van der Waals surface area contributed by atoms with E-state index >= 15 is 0 Å². The molecule has 0 amide bonds. The number of hydrogen-bond acceptors (Lipinski definition) is 5. The van der Waals surface area contributed by atoms with E-state index in [1.54, 1.807) is 12.1 Å². The van der Waals surface area contributed by atoms with E-state index in [9.17, 15) is 9.18 Å². The van der Waals surface area contributed by atoms with E-state index in [-0.39, 0.29) is 6.61 Å². The topological polar surface area (TPSA) is 74.4 Å². The highest BCUT2D eigenvalue weighted by Gasteiger charge is 2.09. The Morgan fingerprint density at radius 2 is 2.15 bits per heavy atom. The highest BCUT2D eigenvalue weighted by atomic mass is 19.1. The third-order valence-electron chi connectivity index (χ3n) is 2.59. The Hall–Kier alpha value is -2.63. The van der Waals surface area contributed by atoms with E-state index in [1.807, 2.05) is 0 Å². The third-order valence-corrected chi connectivity index (χ3v) is 2.59. The Balaban J connectivity index is 2.08. The fourth-order valence-corrected chi connectivity index (χ4v) is 1.62. The zero-order valence-electron chi connectivity index (χ0n) is 10.8. The van der Waals surface area contributed by atoms with Gasteiger partial charge in [-0.05, 0) is 24.3 Å². The normalized spacial score (nSPS) is 10.1. The Morgan fingerprint density at radius 1 is 1.35 bits per heavy atom. The second-order valence-corrected chi connectivity index (χ2v) is 4.04. The van der Waals surface area contributed by atoms with Crippen LogP contribution in [-0.2, 0) is 11.3 Å². The molecule has 0 unspecified atom stereocenters. The second-order valence-electron chi connectivity index (χ2n) is 4.04. The fraction of sp³-hybridized carbons (Fsp3) is 0.143. The number of aromatic nitrogens is 1. The summed E-state index contributed by atoms with van der Waals surface area (Å²) in [5.41, 5.74) is 7.01. The number of methoxy groups -OCH3 is 1. The number of nitrogen functional groups attached to an aromatic ring is 1. The van der Waals surface area contributed by atoms with Gasteiger partial charge in [0, 0.05) is 11.8 Å². The zero-order chi connectivity index (χ0) is 14.5. The van der Waals surface area contributed by atoms with Gasteiger partial charge >= 0.3 is 5.97 Å². The summed E-state index contributed by atoms with van der Waals surface area (Å²) in [5.74, 6) is -0.500. The van der Waals surface area contributed by atoms with Crippen molar-refractivity contribution in [1.29, 1.82) is 0 Å². The SMILES string of the molecule is COC(=O)c1ccc(OCc2cncc(F)c2)c(N)c1. The van der Waals surface area contributed by atoms with E-state index in [2.05, 4.69) is 9.72 Å². The van der Waals surface area contributed by atoms with Crippen LogP contribution in [0, 0.1) is 5.82 Å². The predicted octanol–water partition coefficient (Wildman–Crippen LogP) is 2.17. The van der Waals surface area contributed by atoms with Crippen molar-refractivity contribution in [2.75, 3.05) is 12.8 Å². The van der Waals surface area contributed by atoms with Crippen LogP contribution in [0.15, 0.2) is 36.7 Å². The minimum Gasteiger partial charge on any atom is -0.487 e. The van der Waals surface area contributed by atoms with Crippen molar-refractivity contribution in [2.45, 2.75) is 6.61 Å². The highest BCUT2D eigenvalue weighted by molar-refractivity contribution is 5.90. The van der Waals surface area contributed by atoms with Gasteiger partial charge < -0.3 is 15.2 Å². The molecule has 20 heavy (non-hydrogen) atoms. The van der Waals surface area contributed by atoms with Crippen LogP contribution in [0.4, 0.5) is 10.1 Å². The van der Waals surface area contributed by atoms with Crippen LogP contribution in [0.1, 0.15) is 15.9 Å². The van der Waals surface area contributed by atoms with Crippen LogP contribution >= 0.6 is 0 Å². The number of benzene rings is 1. The summed E-state index contributed by atoms with van der Waals surface area (Å²) in [6.07, 6.45) is 2.62. The first-order chi connectivity index (χ1) is 9.60. The minimum atomic E-state index is -0.474. The molecule has 0 saturated heterocycles. The summed E-state index contributed by atoms with van der Waals surface area (Å²) in [6, 6.07) is 5.90.